The van der Waals surface area contributed by atoms with Crippen LogP contribution in [0.1, 0.15) is 36.2 Å². The second-order valence-electron chi connectivity index (χ2n) is 7.42. The molecule has 4 rings (SSSR count). The highest BCUT2D eigenvalue weighted by Gasteiger charge is 2.16. The molecule has 3 aromatic carbocycles. The van der Waals surface area contributed by atoms with Crippen LogP contribution in [0.25, 0.3) is 5.57 Å². The molecule has 0 aromatic heterocycles. The summed E-state index contributed by atoms with van der Waals surface area (Å²) in [4.78, 5) is 10.0. The van der Waals surface area contributed by atoms with Gasteiger partial charge in [-0.2, -0.15) is 0 Å². The van der Waals surface area contributed by atoms with E-state index in [9.17, 15) is 4.79 Å². The van der Waals surface area contributed by atoms with E-state index in [2.05, 4.69) is 62.4 Å². The van der Waals surface area contributed by atoms with E-state index in [0.29, 0.717) is 11.2 Å². The van der Waals surface area contributed by atoms with E-state index in [4.69, 9.17) is 5.11 Å². The zero-order chi connectivity index (χ0) is 21.0. The molecule has 0 atom stereocenters. The molecule has 0 heterocycles. The maximum absolute atomic E-state index is 10.0. The predicted molar refractivity (Wildman–Crippen MR) is 122 cm³/mol. The minimum absolute atomic E-state index is 0.322. The Morgan fingerprint density at radius 3 is 1.69 bits per heavy atom. The zero-order valence-corrected chi connectivity index (χ0v) is 17.0. The first-order chi connectivity index (χ1) is 14.0. The van der Waals surface area contributed by atoms with Crippen molar-refractivity contribution in [3.05, 3.63) is 120 Å². The Labute approximate surface area is 173 Å². The monoisotopic (exact) mass is 384 g/mol. The van der Waals surface area contributed by atoms with Gasteiger partial charge < -0.3 is 5.11 Å². The summed E-state index contributed by atoms with van der Waals surface area (Å²) in [5, 5.41) is 8.63. The molecule has 0 radical (unpaired) electrons. The Morgan fingerprint density at radius 1 is 0.793 bits per heavy atom. The summed E-state index contributed by atoms with van der Waals surface area (Å²) in [5.41, 5.74) is 3.73. The predicted octanol–water partition coefficient (Wildman–Crippen LogP) is 6.95. The van der Waals surface area contributed by atoms with Gasteiger partial charge in [-0.3, -0.25) is 4.79 Å². The lowest BCUT2D eigenvalue weighted by molar-refractivity contribution is 0.112. The van der Waals surface area contributed by atoms with Crippen molar-refractivity contribution in [3.63, 3.8) is 0 Å². The van der Waals surface area contributed by atoms with Gasteiger partial charge in [0.25, 0.3) is 0 Å². The number of aldehydes is 1. The van der Waals surface area contributed by atoms with E-state index in [0.717, 1.165) is 18.3 Å². The third-order valence-electron chi connectivity index (χ3n) is 4.36. The van der Waals surface area contributed by atoms with Crippen LogP contribution < -0.4 is 0 Å². The fourth-order valence-corrected chi connectivity index (χ4v) is 2.63. The Hall–Kier alpha value is -3.39. The van der Waals surface area contributed by atoms with Gasteiger partial charge in [0.2, 0.25) is 0 Å². The summed E-state index contributed by atoms with van der Waals surface area (Å²) >= 11 is 0. The average Bonchev–Trinajstić information content (AvgIpc) is 2.76. The molecule has 1 aliphatic rings. The molecule has 0 saturated heterocycles. The number of para-hydroxylation sites is 1. The van der Waals surface area contributed by atoms with Crippen LogP contribution in [0, 0.1) is 5.41 Å². The molecule has 3 aromatic rings. The molecule has 0 bridgehead atoms. The highest BCUT2D eigenvalue weighted by molar-refractivity contribution is 5.75. The minimum atomic E-state index is 0.322. The number of carbonyl (C=O) groups excluding carboxylic acids is 1. The highest BCUT2D eigenvalue weighted by atomic mass is 16.3. The van der Waals surface area contributed by atoms with E-state index in [1.807, 2.05) is 24.3 Å². The van der Waals surface area contributed by atoms with E-state index >= 15 is 0 Å². The van der Waals surface area contributed by atoms with Gasteiger partial charge in [0.1, 0.15) is 12.0 Å². The summed E-state index contributed by atoms with van der Waals surface area (Å²) in [6.45, 7) is 4.53. The molecular weight excluding hydrogens is 356 g/mol. The molecule has 148 valence electrons. The number of rotatable bonds is 2. The summed E-state index contributed by atoms with van der Waals surface area (Å²) in [6.07, 6.45) is 8.83. The van der Waals surface area contributed by atoms with E-state index < -0.39 is 0 Å². The number of phenols is 1. The Balaban J connectivity index is 0.000000170. The molecule has 29 heavy (non-hydrogen) atoms. The van der Waals surface area contributed by atoms with Gasteiger partial charge in [0, 0.05) is 5.56 Å². The molecule has 0 fully saturated rings. The second-order valence-corrected chi connectivity index (χ2v) is 7.42. The van der Waals surface area contributed by atoms with Gasteiger partial charge >= 0.3 is 0 Å². The summed E-state index contributed by atoms with van der Waals surface area (Å²) in [7, 11) is 0. The Bertz CT molecular complexity index is 909. The molecule has 0 unspecified atom stereocenters. The van der Waals surface area contributed by atoms with Crippen LogP contribution in [0.4, 0.5) is 0 Å². The summed E-state index contributed by atoms with van der Waals surface area (Å²) in [6, 6.07) is 28.4. The molecule has 0 saturated carbocycles. The number of aromatic hydroxyl groups is 1. The normalized spacial score (nSPS) is 13.7. The van der Waals surface area contributed by atoms with Crippen molar-refractivity contribution in [1.82, 2.24) is 0 Å². The van der Waals surface area contributed by atoms with Gasteiger partial charge in [-0.05, 0) is 35.1 Å². The van der Waals surface area contributed by atoms with E-state index in [1.165, 1.54) is 11.1 Å². The van der Waals surface area contributed by atoms with E-state index in [-0.39, 0.29) is 0 Å². The largest absolute Gasteiger partial charge is 0.508 e. The van der Waals surface area contributed by atoms with Gasteiger partial charge in [-0.25, -0.2) is 0 Å². The molecular formula is C27H28O2. The van der Waals surface area contributed by atoms with Crippen LogP contribution in [0.3, 0.4) is 0 Å². The first kappa shape index (κ1) is 21.9. The third kappa shape index (κ3) is 8.44. The van der Waals surface area contributed by atoms with Crippen molar-refractivity contribution >= 4 is 11.9 Å². The van der Waals surface area contributed by atoms with Crippen LogP contribution in [0.2, 0.25) is 0 Å². The highest BCUT2D eigenvalue weighted by Crippen LogP contribution is 2.31. The Kier molecular flexibility index (Phi) is 8.65. The van der Waals surface area contributed by atoms with Crippen molar-refractivity contribution in [2.24, 2.45) is 5.41 Å². The number of allylic oxidation sites excluding steroid dienone is 4. The van der Waals surface area contributed by atoms with Crippen LogP contribution in [-0.4, -0.2) is 11.4 Å². The van der Waals surface area contributed by atoms with Gasteiger partial charge in [0.05, 0.1) is 0 Å². The van der Waals surface area contributed by atoms with Crippen LogP contribution >= 0.6 is 0 Å². The molecule has 2 heteroatoms. The van der Waals surface area contributed by atoms with Crippen molar-refractivity contribution in [1.29, 1.82) is 0 Å². The molecule has 1 aliphatic carbocycles. The minimum Gasteiger partial charge on any atom is -0.508 e. The van der Waals surface area contributed by atoms with Crippen molar-refractivity contribution < 1.29 is 9.90 Å². The number of carbonyl (C=O) groups is 1. The van der Waals surface area contributed by atoms with Crippen LogP contribution in [-0.2, 0) is 0 Å². The van der Waals surface area contributed by atoms with E-state index in [1.54, 1.807) is 36.4 Å². The first-order valence-corrected chi connectivity index (χ1v) is 9.69. The zero-order valence-electron chi connectivity index (χ0n) is 17.0. The molecule has 1 N–H and O–H groups in total. The second kappa shape index (κ2) is 11.5. The lowest BCUT2D eigenvalue weighted by atomic mass is 9.83. The molecule has 0 aliphatic heterocycles. The topological polar surface area (TPSA) is 37.3 Å². The third-order valence-corrected chi connectivity index (χ3v) is 4.36. The van der Waals surface area contributed by atoms with Gasteiger partial charge in [-0.1, -0.05) is 111 Å². The fraction of sp³-hybridized carbons (Fsp3) is 0.148. The average molecular weight is 385 g/mol. The van der Waals surface area contributed by atoms with Gasteiger partial charge in [0.15, 0.2) is 0 Å². The number of phenolic OH excluding ortho intramolecular Hbond substituents is 1. The van der Waals surface area contributed by atoms with Gasteiger partial charge in [-0.15, -0.1) is 0 Å². The first-order valence-electron chi connectivity index (χ1n) is 9.69. The summed E-state index contributed by atoms with van der Waals surface area (Å²) < 4.78 is 0. The van der Waals surface area contributed by atoms with Crippen molar-refractivity contribution in [3.8, 4) is 5.75 Å². The summed E-state index contributed by atoms with van der Waals surface area (Å²) in [5.74, 6) is 0.322. The molecule has 0 amide bonds. The Morgan fingerprint density at radius 2 is 1.31 bits per heavy atom. The number of benzene rings is 3. The maximum atomic E-state index is 10.0. The SMILES string of the molecule is CC1(C)C=CC(c2ccccc2)=CC1.O=Cc1ccccc1.Oc1ccccc1. The van der Waals surface area contributed by atoms with Crippen molar-refractivity contribution in [2.45, 2.75) is 20.3 Å². The van der Waals surface area contributed by atoms with Crippen LogP contribution in [0.5, 0.6) is 5.75 Å². The molecule has 2 nitrogen and oxygen atoms in total. The molecule has 0 spiro atoms. The lowest BCUT2D eigenvalue weighted by Gasteiger charge is -2.22. The van der Waals surface area contributed by atoms with Crippen LogP contribution in [0.15, 0.2) is 109 Å². The van der Waals surface area contributed by atoms with Crippen molar-refractivity contribution in [2.75, 3.05) is 0 Å². The number of hydrogen-bond acceptors (Lipinski definition) is 2. The lowest BCUT2D eigenvalue weighted by Crippen LogP contribution is -2.08. The fourth-order valence-electron chi connectivity index (χ4n) is 2.63. The number of hydrogen-bond donors (Lipinski definition) is 1. The maximum Gasteiger partial charge on any atom is 0.150 e. The quantitative estimate of drug-likeness (QED) is 0.486. The smallest absolute Gasteiger partial charge is 0.150 e. The standard InChI is InChI=1S/C14H16.C7H6O.C6H6O/c1-14(2)10-8-13(9-11-14)12-6-4-3-5-7-12;8-6-7-4-2-1-3-5-7;7-6-4-2-1-3-5-6/h3-10H,11H2,1-2H3;1-6H;1-5,7H.